The Morgan fingerprint density at radius 2 is 1.78 bits per heavy atom. The molecule has 2 aliphatic rings. The first kappa shape index (κ1) is 13.4. The predicted molar refractivity (Wildman–Crippen MR) is 68.1 cm³/mol. The van der Waals surface area contributed by atoms with Crippen LogP contribution in [0.15, 0.2) is 0 Å². The summed E-state index contributed by atoms with van der Waals surface area (Å²) in [6.45, 7) is 4.77. The lowest BCUT2D eigenvalue weighted by Crippen LogP contribution is -2.47. The van der Waals surface area contributed by atoms with Crippen molar-refractivity contribution in [3.63, 3.8) is 0 Å². The minimum atomic E-state index is -0.844. The van der Waals surface area contributed by atoms with E-state index in [2.05, 4.69) is 13.8 Å². The molecular weight excluding hydrogens is 230 g/mol. The quantitative estimate of drug-likeness (QED) is 0.821. The van der Waals surface area contributed by atoms with Gasteiger partial charge in [0.05, 0.1) is 0 Å². The highest BCUT2D eigenvalue weighted by Gasteiger charge is 2.53. The van der Waals surface area contributed by atoms with E-state index in [1.165, 1.54) is 0 Å². The first-order chi connectivity index (χ1) is 8.43. The van der Waals surface area contributed by atoms with Gasteiger partial charge in [-0.25, -0.2) is 4.79 Å². The second kappa shape index (κ2) is 4.90. The van der Waals surface area contributed by atoms with E-state index in [1.54, 1.807) is 4.90 Å². The third kappa shape index (κ3) is 2.68. The summed E-state index contributed by atoms with van der Waals surface area (Å²) < 4.78 is 0. The Morgan fingerprint density at radius 3 is 2.33 bits per heavy atom. The van der Waals surface area contributed by atoms with Crippen LogP contribution in [-0.4, -0.2) is 34.5 Å². The van der Waals surface area contributed by atoms with E-state index in [-0.39, 0.29) is 17.2 Å². The maximum absolute atomic E-state index is 12.4. The number of likely N-dealkylation sites (tertiary alicyclic amines) is 1. The SMILES string of the molecule is CC1(C)CC1C(=O)N1CCCCCCC1C(=O)O. The highest BCUT2D eigenvalue weighted by molar-refractivity contribution is 5.87. The molecule has 2 fully saturated rings. The van der Waals surface area contributed by atoms with E-state index < -0.39 is 12.0 Å². The molecule has 1 saturated heterocycles. The van der Waals surface area contributed by atoms with E-state index in [9.17, 15) is 14.7 Å². The monoisotopic (exact) mass is 253 g/mol. The van der Waals surface area contributed by atoms with Crippen LogP contribution in [0.3, 0.4) is 0 Å². The van der Waals surface area contributed by atoms with Crippen LogP contribution in [0.5, 0.6) is 0 Å². The average Bonchev–Trinajstić information content (AvgIpc) is 2.86. The highest BCUT2D eigenvalue weighted by atomic mass is 16.4. The molecule has 2 atom stereocenters. The molecule has 18 heavy (non-hydrogen) atoms. The molecule has 1 aliphatic carbocycles. The lowest BCUT2D eigenvalue weighted by molar-refractivity contribution is -0.151. The summed E-state index contributed by atoms with van der Waals surface area (Å²) in [6.07, 6.45) is 5.53. The first-order valence-electron chi connectivity index (χ1n) is 6.97. The first-order valence-corrected chi connectivity index (χ1v) is 6.97. The number of carboxylic acids is 1. The summed E-state index contributed by atoms with van der Waals surface area (Å²) in [7, 11) is 0. The van der Waals surface area contributed by atoms with Crippen molar-refractivity contribution >= 4 is 11.9 Å². The Kier molecular flexibility index (Phi) is 3.64. The van der Waals surface area contributed by atoms with Crippen LogP contribution >= 0.6 is 0 Å². The summed E-state index contributed by atoms with van der Waals surface area (Å²) >= 11 is 0. The maximum atomic E-state index is 12.4. The molecule has 0 radical (unpaired) electrons. The van der Waals surface area contributed by atoms with Crippen molar-refractivity contribution in [2.75, 3.05) is 6.54 Å². The molecule has 2 rings (SSSR count). The van der Waals surface area contributed by atoms with Gasteiger partial charge in [0.15, 0.2) is 0 Å². The van der Waals surface area contributed by atoms with Crippen LogP contribution in [0.25, 0.3) is 0 Å². The zero-order valence-corrected chi connectivity index (χ0v) is 11.3. The predicted octanol–water partition coefficient (Wildman–Crippen LogP) is 2.28. The zero-order chi connectivity index (χ0) is 13.3. The van der Waals surface area contributed by atoms with Gasteiger partial charge in [-0.1, -0.05) is 33.1 Å². The molecule has 1 N–H and O–H groups in total. The van der Waals surface area contributed by atoms with Gasteiger partial charge in [-0.3, -0.25) is 4.79 Å². The fourth-order valence-electron chi connectivity index (χ4n) is 2.89. The lowest BCUT2D eigenvalue weighted by atomic mass is 10.0. The molecule has 2 unspecified atom stereocenters. The van der Waals surface area contributed by atoms with E-state index in [4.69, 9.17) is 0 Å². The number of carbonyl (C=O) groups is 2. The number of hydrogen-bond acceptors (Lipinski definition) is 2. The van der Waals surface area contributed by atoms with Crippen molar-refractivity contribution in [3.8, 4) is 0 Å². The van der Waals surface area contributed by atoms with Crippen LogP contribution in [0, 0.1) is 11.3 Å². The van der Waals surface area contributed by atoms with E-state index in [0.717, 1.165) is 32.1 Å². The Balaban J connectivity index is 2.09. The highest BCUT2D eigenvalue weighted by Crippen LogP contribution is 2.52. The smallest absolute Gasteiger partial charge is 0.326 e. The van der Waals surface area contributed by atoms with Crippen molar-refractivity contribution in [2.24, 2.45) is 11.3 Å². The molecule has 1 saturated carbocycles. The number of carbonyl (C=O) groups excluding carboxylic acids is 1. The Bertz CT molecular complexity index is 351. The van der Waals surface area contributed by atoms with Crippen LogP contribution < -0.4 is 0 Å². The molecule has 0 aromatic rings. The second-order valence-corrected chi connectivity index (χ2v) is 6.33. The summed E-state index contributed by atoms with van der Waals surface area (Å²) in [5, 5.41) is 9.31. The average molecular weight is 253 g/mol. The number of hydrogen-bond donors (Lipinski definition) is 1. The molecule has 102 valence electrons. The van der Waals surface area contributed by atoms with Gasteiger partial charge in [-0.15, -0.1) is 0 Å². The zero-order valence-electron chi connectivity index (χ0n) is 11.3. The lowest BCUT2D eigenvalue weighted by Gasteiger charge is -2.31. The maximum Gasteiger partial charge on any atom is 0.326 e. The summed E-state index contributed by atoms with van der Waals surface area (Å²) in [5.74, 6) is -0.739. The van der Waals surface area contributed by atoms with Crippen molar-refractivity contribution in [3.05, 3.63) is 0 Å². The van der Waals surface area contributed by atoms with Crippen molar-refractivity contribution in [2.45, 2.75) is 58.4 Å². The van der Waals surface area contributed by atoms with Gasteiger partial charge < -0.3 is 10.0 Å². The molecule has 1 aliphatic heterocycles. The third-order valence-corrected chi connectivity index (χ3v) is 4.38. The molecule has 0 aromatic heterocycles. The van der Waals surface area contributed by atoms with E-state index >= 15 is 0 Å². The standard InChI is InChI=1S/C14H23NO3/c1-14(2)9-10(14)12(16)15-8-6-4-3-5-7-11(15)13(17)18/h10-11H,3-9H2,1-2H3,(H,17,18). The molecular formula is C14H23NO3. The number of aliphatic carboxylic acids is 1. The molecule has 4 heteroatoms. The fraction of sp³-hybridized carbons (Fsp3) is 0.857. The summed E-state index contributed by atoms with van der Waals surface area (Å²) in [5.41, 5.74) is 0.0719. The number of amides is 1. The Morgan fingerprint density at radius 1 is 1.17 bits per heavy atom. The summed E-state index contributed by atoms with van der Waals surface area (Å²) in [6, 6.07) is -0.603. The van der Waals surface area contributed by atoms with Crippen LogP contribution in [0.4, 0.5) is 0 Å². The van der Waals surface area contributed by atoms with Crippen LogP contribution in [0.2, 0.25) is 0 Å². The topological polar surface area (TPSA) is 57.6 Å². The fourth-order valence-corrected chi connectivity index (χ4v) is 2.89. The van der Waals surface area contributed by atoms with Crippen LogP contribution in [0.1, 0.15) is 52.4 Å². The Hall–Kier alpha value is -1.06. The van der Waals surface area contributed by atoms with Gasteiger partial charge in [0, 0.05) is 12.5 Å². The van der Waals surface area contributed by atoms with Crippen molar-refractivity contribution in [1.29, 1.82) is 0 Å². The molecule has 4 nitrogen and oxygen atoms in total. The molecule has 0 bridgehead atoms. The normalized spacial score (nSPS) is 31.3. The molecule has 1 heterocycles. The van der Waals surface area contributed by atoms with E-state index in [1.807, 2.05) is 0 Å². The van der Waals surface area contributed by atoms with Gasteiger partial charge >= 0.3 is 5.97 Å². The van der Waals surface area contributed by atoms with Gasteiger partial charge in [-0.2, -0.15) is 0 Å². The minimum absolute atomic E-state index is 0.0405. The van der Waals surface area contributed by atoms with E-state index in [0.29, 0.717) is 13.0 Å². The van der Waals surface area contributed by atoms with Gasteiger partial charge in [0.2, 0.25) is 5.91 Å². The van der Waals surface area contributed by atoms with Crippen molar-refractivity contribution in [1.82, 2.24) is 4.90 Å². The molecule has 0 aromatic carbocycles. The summed E-state index contributed by atoms with van der Waals surface area (Å²) in [4.78, 5) is 25.4. The van der Waals surface area contributed by atoms with Gasteiger partial charge in [0.1, 0.15) is 6.04 Å². The van der Waals surface area contributed by atoms with Gasteiger partial charge in [-0.05, 0) is 24.7 Å². The third-order valence-electron chi connectivity index (χ3n) is 4.38. The van der Waals surface area contributed by atoms with Crippen LogP contribution in [-0.2, 0) is 9.59 Å². The Labute approximate surface area is 108 Å². The number of rotatable bonds is 2. The largest absolute Gasteiger partial charge is 0.480 e. The van der Waals surface area contributed by atoms with Crippen molar-refractivity contribution < 1.29 is 14.7 Å². The number of nitrogens with zero attached hydrogens (tertiary/aromatic N) is 1. The molecule has 1 amide bonds. The molecule has 0 spiro atoms. The number of carboxylic acid groups (broad SMARTS) is 1. The van der Waals surface area contributed by atoms with Gasteiger partial charge in [0.25, 0.3) is 0 Å². The minimum Gasteiger partial charge on any atom is -0.480 e. The second-order valence-electron chi connectivity index (χ2n) is 6.33.